The maximum absolute atomic E-state index is 13.1. The van der Waals surface area contributed by atoms with Crippen LogP contribution in [0.4, 0.5) is 0 Å². The van der Waals surface area contributed by atoms with Gasteiger partial charge in [0.05, 0.1) is 10.9 Å². The molecule has 0 unspecified atom stereocenters. The highest BCUT2D eigenvalue weighted by molar-refractivity contribution is 7.89. The molecule has 0 heterocycles. The van der Waals surface area contributed by atoms with Crippen molar-refractivity contribution < 1.29 is 13.2 Å². The Balaban J connectivity index is 1.68. The summed E-state index contributed by atoms with van der Waals surface area (Å²) in [4.78, 5) is 0.223. The molecule has 0 radical (unpaired) electrons. The average Bonchev–Trinajstić information content (AvgIpc) is 2.71. The number of fused-ring (bicyclic) bond motifs is 1. The lowest BCUT2D eigenvalue weighted by atomic mass is 9.91. The summed E-state index contributed by atoms with van der Waals surface area (Å²) >= 11 is 5.95. The lowest BCUT2D eigenvalue weighted by Gasteiger charge is -2.31. The third-order valence-corrected chi connectivity index (χ3v) is 6.53. The average molecular weight is 426 g/mol. The van der Waals surface area contributed by atoms with E-state index in [0.29, 0.717) is 10.8 Å². The van der Waals surface area contributed by atoms with Gasteiger partial charge >= 0.3 is 0 Å². The van der Waals surface area contributed by atoms with Crippen LogP contribution in [0.3, 0.4) is 0 Å². The van der Waals surface area contributed by atoms with E-state index in [1.54, 1.807) is 48.5 Å². The highest BCUT2D eigenvalue weighted by Gasteiger charge is 2.32. The number of hydrogen-bond donors (Lipinski definition) is 1. The Bertz CT molecular complexity index is 1140. The molecule has 0 saturated carbocycles. The van der Waals surface area contributed by atoms with Gasteiger partial charge in [-0.1, -0.05) is 59.6 Å². The van der Waals surface area contributed by atoms with Gasteiger partial charge in [0, 0.05) is 5.02 Å². The molecule has 4 rings (SSSR count). The standard InChI is InChI=1S/C23H20ClNO3S/c1-16-6-13-20(14-7-16)29(26,27)25-23-21-5-3-2-4-17(21)8-15-22(23)28-19-11-9-18(24)10-12-19/h2-15,22-23,25H,1H3/t22-,23-/m1/s1. The molecule has 2 atom stereocenters. The third kappa shape index (κ3) is 4.37. The van der Waals surface area contributed by atoms with Gasteiger partial charge < -0.3 is 4.74 Å². The number of ether oxygens (including phenoxy) is 1. The van der Waals surface area contributed by atoms with E-state index in [9.17, 15) is 8.42 Å². The molecule has 0 aromatic heterocycles. The van der Waals surface area contributed by atoms with Gasteiger partial charge in [0.15, 0.2) is 0 Å². The number of rotatable bonds is 5. The van der Waals surface area contributed by atoms with Crippen LogP contribution in [0.1, 0.15) is 22.7 Å². The second-order valence-corrected chi connectivity index (χ2v) is 9.09. The lowest BCUT2D eigenvalue weighted by Crippen LogP contribution is -2.39. The van der Waals surface area contributed by atoms with Crippen LogP contribution in [0.25, 0.3) is 6.08 Å². The predicted octanol–water partition coefficient (Wildman–Crippen LogP) is 5.14. The first-order valence-electron chi connectivity index (χ1n) is 9.21. The molecular weight excluding hydrogens is 406 g/mol. The van der Waals surface area contributed by atoms with E-state index in [4.69, 9.17) is 16.3 Å². The first kappa shape index (κ1) is 19.7. The maximum Gasteiger partial charge on any atom is 0.241 e. The van der Waals surface area contributed by atoms with Crippen molar-refractivity contribution in [1.29, 1.82) is 0 Å². The fraction of sp³-hybridized carbons (Fsp3) is 0.130. The van der Waals surface area contributed by atoms with Gasteiger partial charge in [-0.3, -0.25) is 0 Å². The minimum atomic E-state index is -3.74. The van der Waals surface area contributed by atoms with Crippen LogP contribution >= 0.6 is 11.6 Å². The predicted molar refractivity (Wildman–Crippen MR) is 116 cm³/mol. The van der Waals surface area contributed by atoms with Gasteiger partial charge in [0.1, 0.15) is 11.9 Å². The minimum absolute atomic E-state index is 0.223. The van der Waals surface area contributed by atoms with E-state index in [1.807, 2.05) is 43.3 Å². The minimum Gasteiger partial charge on any atom is -0.484 e. The molecule has 0 aliphatic heterocycles. The monoisotopic (exact) mass is 425 g/mol. The van der Waals surface area contributed by atoms with Gasteiger partial charge in [-0.25, -0.2) is 8.42 Å². The normalized spacial score (nSPS) is 18.3. The lowest BCUT2D eigenvalue weighted by molar-refractivity contribution is 0.208. The number of aryl methyl sites for hydroxylation is 1. The molecule has 0 fully saturated rings. The van der Waals surface area contributed by atoms with Crippen molar-refractivity contribution in [2.75, 3.05) is 0 Å². The molecule has 4 nitrogen and oxygen atoms in total. The summed E-state index contributed by atoms with van der Waals surface area (Å²) in [5.41, 5.74) is 2.82. The number of halogens is 1. The largest absolute Gasteiger partial charge is 0.484 e. The van der Waals surface area contributed by atoms with Gasteiger partial charge in [-0.15, -0.1) is 0 Å². The van der Waals surface area contributed by atoms with Crippen molar-refractivity contribution >= 4 is 27.7 Å². The highest BCUT2D eigenvalue weighted by atomic mass is 35.5. The van der Waals surface area contributed by atoms with Crippen LogP contribution < -0.4 is 9.46 Å². The zero-order chi connectivity index (χ0) is 20.4. The van der Waals surface area contributed by atoms with Gasteiger partial charge in [0.2, 0.25) is 10.0 Å². The fourth-order valence-corrected chi connectivity index (χ4v) is 4.65. The zero-order valence-electron chi connectivity index (χ0n) is 15.7. The molecule has 0 amide bonds. The molecule has 1 N–H and O–H groups in total. The molecular formula is C23H20ClNO3S. The first-order chi connectivity index (χ1) is 13.9. The van der Waals surface area contributed by atoms with E-state index in [-0.39, 0.29) is 4.90 Å². The summed E-state index contributed by atoms with van der Waals surface area (Å²) in [6, 6.07) is 20.9. The van der Waals surface area contributed by atoms with Crippen LogP contribution in [0.2, 0.25) is 5.02 Å². The molecule has 3 aromatic carbocycles. The highest BCUT2D eigenvalue weighted by Crippen LogP contribution is 2.32. The van der Waals surface area contributed by atoms with Crippen LogP contribution in [0.5, 0.6) is 5.75 Å². The number of sulfonamides is 1. The van der Waals surface area contributed by atoms with Crippen molar-refractivity contribution in [3.05, 3.63) is 101 Å². The molecule has 6 heteroatoms. The molecule has 3 aromatic rings. The van der Waals surface area contributed by atoms with E-state index in [1.165, 1.54) is 0 Å². The van der Waals surface area contributed by atoms with E-state index in [0.717, 1.165) is 16.7 Å². The third-order valence-electron chi connectivity index (χ3n) is 4.82. The van der Waals surface area contributed by atoms with Crippen LogP contribution in [-0.2, 0) is 10.0 Å². The SMILES string of the molecule is Cc1ccc(S(=O)(=O)N[C@@H]2c3ccccc3C=C[C@H]2Oc2ccc(Cl)cc2)cc1. The number of nitrogens with one attached hydrogen (secondary N) is 1. The molecule has 0 spiro atoms. The van der Waals surface area contributed by atoms with E-state index < -0.39 is 22.2 Å². The molecule has 29 heavy (non-hydrogen) atoms. The van der Waals surface area contributed by atoms with Crippen molar-refractivity contribution in [2.45, 2.75) is 24.0 Å². The summed E-state index contributed by atoms with van der Waals surface area (Å²) in [7, 11) is -3.74. The Morgan fingerprint density at radius 1 is 0.931 bits per heavy atom. The molecule has 0 saturated heterocycles. The van der Waals surface area contributed by atoms with E-state index in [2.05, 4.69) is 4.72 Å². The molecule has 0 bridgehead atoms. The Kier molecular flexibility index (Phi) is 5.46. The quantitative estimate of drug-likeness (QED) is 0.615. The Labute approximate surface area is 175 Å². The summed E-state index contributed by atoms with van der Waals surface area (Å²) in [5, 5.41) is 0.610. The number of hydrogen-bond acceptors (Lipinski definition) is 3. The number of benzene rings is 3. The van der Waals surface area contributed by atoms with Crippen LogP contribution in [-0.4, -0.2) is 14.5 Å². The van der Waals surface area contributed by atoms with Crippen molar-refractivity contribution in [3.8, 4) is 5.75 Å². The van der Waals surface area contributed by atoms with Crippen molar-refractivity contribution in [3.63, 3.8) is 0 Å². The molecule has 1 aliphatic carbocycles. The Morgan fingerprint density at radius 2 is 1.62 bits per heavy atom. The van der Waals surface area contributed by atoms with Crippen LogP contribution in [0, 0.1) is 6.92 Å². The van der Waals surface area contributed by atoms with Crippen LogP contribution in [0.15, 0.2) is 83.8 Å². The van der Waals surface area contributed by atoms with Crippen molar-refractivity contribution in [2.24, 2.45) is 0 Å². The zero-order valence-corrected chi connectivity index (χ0v) is 17.3. The maximum atomic E-state index is 13.1. The van der Waals surface area contributed by atoms with Gasteiger partial charge in [0.25, 0.3) is 0 Å². The summed E-state index contributed by atoms with van der Waals surface area (Å²) < 4.78 is 35.1. The van der Waals surface area contributed by atoms with Gasteiger partial charge in [-0.05, 0) is 60.5 Å². The first-order valence-corrected chi connectivity index (χ1v) is 11.1. The second kappa shape index (κ2) is 8.03. The van der Waals surface area contributed by atoms with E-state index >= 15 is 0 Å². The van der Waals surface area contributed by atoms with Gasteiger partial charge in [-0.2, -0.15) is 4.72 Å². The fourth-order valence-electron chi connectivity index (χ4n) is 3.29. The molecule has 1 aliphatic rings. The summed E-state index contributed by atoms with van der Waals surface area (Å²) in [6.07, 6.45) is 3.32. The Hall–Kier alpha value is -2.60. The summed E-state index contributed by atoms with van der Waals surface area (Å²) in [6.45, 7) is 1.92. The second-order valence-electron chi connectivity index (χ2n) is 6.94. The molecule has 148 valence electrons. The topological polar surface area (TPSA) is 55.4 Å². The van der Waals surface area contributed by atoms with Crippen molar-refractivity contribution in [1.82, 2.24) is 4.72 Å². The summed E-state index contributed by atoms with van der Waals surface area (Å²) in [5.74, 6) is 0.614. The Morgan fingerprint density at radius 3 is 2.34 bits per heavy atom. The smallest absolute Gasteiger partial charge is 0.241 e.